The Morgan fingerprint density at radius 1 is 1.02 bits per heavy atom. The number of ether oxygens (including phenoxy) is 3. The summed E-state index contributed by atoms with van der Waals surface area (Å²) in [5, 5.41) is 7.90. The molecule has 0 amide bonds. The highest BCUT2D eigenvalue weighted by Crippen LogP contribution is 2.47. The van der Waals surface area contributed by atoms with Gasteiger partial charge in [0, 0.05) is 63.3 Å². The van der Waals surface area contributed by atoms with E-state index in [-0.39, 0.29) is 0 Å². The number of piperazine rings is 1. The summed E-state index contributed by atoms with van der Waals surface area (Å²) in [6.07, 6.45) is 5.03. The molecule has 13 heteroatoms. The van der Waals surface area contributed by atoms with Crippen LogP contribution in [0.15, 0.2) is 34.9 Å². The maximum absolute atomic E-state index is 6.05. The summed E-state index contributed by atoms with van der Waals surface area (Å²) in [6, 6.07) is 7.02. The molecule has 3 aliphatic rings. The number of aromatic nitrogens is 2. The van der Waals surface area contributed by atoms with Gasteiger partial charge in [0.25, 0.3) is 0 Å². The zero-order valence-corrected chi connectivity index (χ0v) is 30.7. The lowest BCUT2D eigenvalue weighted by atomic mass is 9.99. The van der Waals surface area contributed by atoms with Crippen molar-refractivity contribution in [3.8, 4) is 17.2 Å². The van der Waals surface area contributed by atoms with Crippen LogP contribution in [0.3, 0.4) is 0 Å². The first-order valence-corrected chi connectivity index (χ1v) is 20.6. The minimum Gasteiger partial charge on any atom is -0.494 e. The van der Waals surface area contributed by atoms with Crippen molar-refractivity contribution in [2.75, 3.05) is 95.5 Å². The molecular weight excluding hydrogens is 685 g/mol. The van der Waals surface area contributed by atoms with Crippen molar-refractivity contribution in [3.63, 3.8) is 0 Å². The second-order valence-corrected chi connectivity index (χ2v) is 19.3. The standard InChI is InChI=1S/C33H45BrN7O3PS/c1-6-22-19-26(29(42-3)20-27(22)41-11-9-23(10-12-41)40-15-13-39(2)14-16-40)37-33-35-21-24(34)32(38-33)36-25-7-8-28-30(44-18-17-43-28)31(25)45(4,5)46/h7-8,19-21,23H,6,9-18H2,1-5H3,(H2,35,36,37,38). The first-order valence-electron chi connectivity index (χ1n) is 16.1. The van der Waals surface area contributed by atoms with Crippen LogP contribution >= 0.6 is 22.0 Å². The molecule has 0 radical (unpaired) electrons. The molecule has 0 spiro atoms. The predicted octanol–water partition coefficient (Wildman–Crippen LogP) is 5.65. The second kappa shape index (κ2) is 14.2. The highest BCUT2D eigenvalue weighted by Gasteiger charge is 2.29. The molecule has 0 unspecified atom stereocenters. The highest BCUT2D eigenvalue weighted by molar-refractivity contribution is 9.10. The summed E-state index contributed by atoms with van der Waals surface area (Å²) in [7, 11) is 3.94. The van der Waals surface area contributed by atoms with E-state index in [9.17, 15) is 0 Å². The predicted molar refractivity (Wildman–Crippen MR) is 196 cm³/mol. The lowest BCUT2D eigenvalue weighted by Gasteiger charge is -2.43. The third-order valence-corrected chi connectivity index (χ3v) is 11.8. The van der Waals surface area contributed by atoms with E-state index in [4.69, 9.17) is 31.0 Å². The van der Waals surface area contributed by atoms with Crippen LogP contribution in [0, 0.1) is 0 Å². The number of likely N-dealkylation sites (N-methyl/N-ethyl adjacent to an activating group) is 1. The van der Waals surface area contributed by atoms with Crippen LogP contribution in [0.25, 0.3) is 0 Å². The maximum atomic E-state index is 6.05. The summed E-state index contributed by atoms with van der Waals surface area (Å²) in [4.78, 5) is 17.1. The van der Waals surface area contributed by atoms with Crippen molar-refractivity contribution in [3.05, 3.63) is 40.5 Å². The van der Waals surface area contributed by atoms with Crippen molar-refractivity contribution in [2.24, 2.45) is 0 Å². The number of nitrogens with one attached hydrogen (secondary N) is 2. The summed E-state index contributed by atoms with van der Waals surface area (Å²) < 4.78 is 18.5. The molecule has 6 rings (SSSR count). The number of fused-ring (bicyclic) bond motifs is 1. The zero-order chi connectivity index (χ0) is 32.4. The lowest BCUT2D eigenvalue weighted by Crippen LogP contribution is -2.52. The van der Waals surface area contributed by atoms with Crippen molar-refractivity contribution in [1.82, 2.24) is 19.8 Å². The van der Waals surface area contributed by atoms with Crippen LogP contribution in [0.4, 0.5) is 28.8 Å². The van der Waals surface area contributed by atoms with E-state index in [2.05, 4.69) is 85.7 Å². The summed E-state index contributed by atoms with van der Waals surface area (Å²) >= 11 is 9.63. The number of hydrogen-bond donors (Lipinski definition) is 2. The van der Waals surface area contributed by atoms with E-state index < -0.39 is 6.04 Å². The molecule has 3 aromatic rings. The van der Waals surface area contributed by atoms with Gasteiger partial charge < -0.3 is 34.6 Å². The van der Waals surface area contributed by atoms with Crippen molar-refractivity contribution >= 4 is 67.9 Å². The number of hydrogen-bond acceptors (Lipinski definition) is 11. The second-order valence-electron chi connectivity index (χ2n) is 12.6. The molecule has 0 atom stereocenters. The van der Waals surface area contributed by atoms with Crippen LogP contribution in [-0.4, -0.2) is 106 Å². The monoisotopic (exact) mass is 729 g/mol. The molecule has 46 heavy (non-hydrogen) atoms. The normalized spacial score (nSPS) is 18.0. The minimum absolute atomic E-state index is 0.457. The SMILES string of the molecule is CCc1cc(Nc2ncc(Br)c(Nc3ccc4c(c3P(C)(C)=S)OCCO4)n2)c(OC)cc1N1CCC(N2CCN(C)CC2)CC1. The first-order chi connectivity index (χ1) is 22.1. The van der Waals surface area contributed by atoms with Crippen molar-refractivity contribution in [2.45, 2.75) is 32.2 Å². The molecule has 0 aliphatic carbocycles. The fraction of sp³-hybridized carbons (Fsp3) is 0.515. The van der Waals surface area contributed by atoms with Crippen molar-refractivity contribution in [1.29, 1.82) is 0 Å². The van der Waals surface area contributed by atoms with E-state index in [1.165, 1.54) is 50.3 Å². The molecule has 0 saturated carbocycles. The molecule has 2 saturated heterocycles. The van der Waals surface area contributed by atoms with E-state index in [0.717, 1.165) is 57.9 Å². The van der Waals surface area contributed by atoms with E-state index in [1.807, 2.05) is 12.1 Å². The Bertz CT molecular complexity index is 1610. The fourth-order valence-corrected chi connectivity index (χ4v) is 8.83. The van der Waals surface area contributed by atoms with Gasteiger partial charge in [-0.3, -0.25) is 4.90 Å². The fourth-order valence-electron chi connectivity index (χ4n) is 6.62. The number of benzene rings is 2. The van der Waals surface area contributed by atoms with Crippen LogP contribution in [-0.2, 0) is 18.2 Å². The third-order valence-electron chi connectivity index (χ3n) is 9.11. The van der Waals surface area contributed by atoms with Crippen LogP contribution < -0.4 is 35.0 Å². The zero-order valence-electron chi connectivity index (χ0n) is 27.4. The average molecular weight is 731 g/mol. The smallest absolute Gasteiger partial charge is 0.229 e. The Balaban J connectivity index is 1.21. The summed E-state index contributed by atoms with van der Waals surface area (Å²) in [5.74, 6) is 3.30. The summed E-state index contributed by atoms with van der Waals surface area (Å²) in [5.41, 5.74) is 4.21. The van der Waals surface area contributed by atoms with Crippen LogP contribution in [0.5, 0.6) is 17.2 Å². The molecule has 248 valence electrons. The Morgan fingerprint density at radius 2 is 1.76 bits per heavy atom. The van der Waals surface area contributed by atoms with Gasteiger partial charge in [0.2, 0.25) is 5.95 Å². The van der Waals surface area contributed by atoms with E-state index in [0.29, 0.717) is 31.0 Å². The number of piperidine rings is 1. The van der Waals surface area contributed by atoms with Gasteiger partial charge in [-0.05, 0) is 85.4 Å². The molecule has 1 aromatic heterocycles. The van der Waals surface area contributed by atoms with Gasteiger partial charge in [0.1, 0.15) is 24.8 Å². The molecule has 2 aromatic carbocycles. The highest BCUT2D eigenvalue weighted by atomic mass is 79.9. The Hall–Kier alpha value is -2.63. The number of nitrogens with zero attached hydrogens (tertiary/aromatic N) is 5. The van der Waals surface area contributed by atoms with Crippen molar-refractivity contribution < 1.29 is 14.2 Å². The molecule has 4 heterocycles. The van der Waals surface area contributed by atoms with Crippen LogP contribution in [0.2, 0.25) is 0 Å². The molecule has 2 N–H and O–H groups in total. The largest absolute Gasteiger partial charge is 0.494 e. The first kappa shape index (κ1) is 33.3. The van der Waals surface area contributed by atoms with Gasteiger partial charge in [-0.1, -0.05) is 18.7 Å². The van der Waals surface area contributed by atoms with Gasteiger partial charge in [-0.25, -0.2) is 4.98 Å². The number of aryl methyl sites for hydroxylation is 1. The van der Waals surface area contributed by atoms with Gasteiger partial charge in [-0.2, -0.15) is 4.98 Å². The number of rotatable bonds is 9. The van der Waals surface area contributed by atoms with E-state index >= 15 is 0 Å². The molecular formula is C33H45BrN7O3PS. The van der Waals surface area contributed by atoms with Crippen LogP contribution in [0.1, 0.15) is 25.3 Å². The molecule has 3 aliphatic heterocycles. The third kappa shape index (κ3) is 7.26. The van der Waals surface area contributed by atoms with Gasteiger partial charge >= 0.3 is 0 Å². The Morgan fingerprint density at radius 3 is 2.46 bits per heavy atom. The number of halogens is 1. The van der Waals surface area contributed by atoms with Gasteiger partial charge in [0.05, 0.1) is 28.3 Å². The quantitative estimate of drug-likeness (QED) is 0.268. The van der Waals surface area contributed by atoms with Gasteiger partial charge in [-0.15, -0.1) is 0 Å². The average Bonchev–Trinajstić information content (AvgIpc) is 3.06. The minimum atomic E-state index is -1.92. The number of methoxy groups -OCH3 is 1. The lowest BCUT2D eigenvalue weighted by molar-refractivity contribution is 0.0982. The Labute approximate surface area is 286 Å². The summed E-state index contributed by atoms with van der Waals surface area (Å²) in [6.45, 7) is 14.2. The number of anilines is 5. The van der Waals surface area contributed by atoms with Gasteiger partial charge in [0.15, 0.2) is 11.5 Å². The van der Waals surface area contributed by atoms with E-state index in [1.54, 1.807) is 13.3 Å². The molecule has 10 nitrogen and oxygen atoms in total. The Kier molecular flexibility index (Phi) is 10.3. The molecule has 2 fully saturated rings. The topological polar surface area (TPSA) is 87.2 Å². The molecule has 0 bridgehead atoms. The maximum Gasteiger partial charge on any atom is 0.229 e.